The van der Waals surface area contributed by atoms with E-state index >= 15 is 0 Å². The van der Waals surface area contributed by atoms with Gasteiger partial charge >= 0.3 is 0 Å². The van der Waals surface area contributed by atoms with Crippen LogP contribution in [0.3, 0.4) is 0 Å². The molecule has 0 saturated carbocycles. The summed E-state index contributed by atoms with van der Waals surface area (Å²) in [6, 6.07) is 14.3. The number of hydrogen-bond donors (Lipinski definition) is 2. The van der Waals surface area contributed by atoms with Gasteiger partial charge in [-0.3, -0.25) is 0 Å². The lowest BCUT2D eigenvalue weighted by atomic mass is 9.85. The lowest BCUT2D eigenvalue weighted by Crippen LogP contribution is -2.48. The molecule has 2 heterocycles. The van der Waals surface area contributed by atoms with Crippen molar-refractivity contribution in [3.63, 3.8) is 0 Å². The molecule has 2 aliphatic rings. The molecule has 0 fully saturated rings. The molecule has 0 radical (unpaired) electrons. The van der Waals surface area contributed by atoms with Crippen molar-refractivity contribution in [1.82, 2.24) is 5.32 Å². The molecule has 0 aliphatic carbocycles. The molecule has 2 aliphatic heterocycles. The summed E-state index contributed by atoms with van der Waals surface area (Å²) in [5.74, 6) is 1.87. The van der Waals surface area contributed by atoms with E-state index in [2.05, 4.69) is 17.4 Å². The number of ether oxygens (including phenoxy) is 2. The predicted molar refractivity (Wildman–Crippen MR) is 87.8 cm³/mol. The summed E-state index contributed by atoms with van der Waals surface area (Å²) in [5, 5.41) is 13.7. The third kappa shape index (κ3) is 2.58. The van der Waals surface area contributed by atoms with Crippen molar-refractivity contribution in [3.8, 4) is 11.5 Å². The summed E-state index contributed by atoms with van der Waals surface area (Å²) in [7, 11) is 0. The van der Waals surface area contributed by atoms with E-state index < -0.39 is 5.54 Å². The number of hydrogen-bond acceptors (Lipinski definition) is 4. The van der Waals surface area contributed by atoms with Crippen molar-refractivity contribution in [2.45, 2.75) is 24.9 Å². The molecular formula is C19H21NO3. The molecule has 2 N–H and O–H groups in total. The highest BCUT2D eigenvalue weighted by molar-refractivity contribution is 5.42. The first kappa shape index (κ1) is 14.5. The van der Waals surface area contributed by atoms with Crippen molar-refractivity contribution in [1.29, 1.82) is 0 Å². The first-order chi connectivity index (χ1) is 11.3. The van der Waals surface area contributed by atoms with Crippen LogP contribution in [0.25, 0.3) is 0 Å². The number of nitrogens with one attached hydrogen (secondary N) is 1. The van der Waals surface area contributed by atoms with E-state index in [0.717, 1.165) is 36.5 Å². The van der Waals surface area contributed by atoms with Crippen LogP contribution in [-0.2, 0) is 18.5 Å². The summed E-state index contributed by atoms with van der Waals surface area (Å²) in [6.45, 7) is 2.16. The van der Waals surface area contributed by atoms with Crippen LogP contribution >= 0.6 is 0 Å². The smallest absolute Gasteiger partial charge is 0.124 e. The van der Waals surface area contributed by atoms with Crippen molar-refractivity contribution in [2.24, 2.45) is 0 Å². The Balaban J connectivity index is 1.57. The largest absolute Gasteiger partial charge is 0.493 e. The maximum Gasteiger partial charge on any atom is 0.124 e. The lowest BCUT2D eigenvalue weighted by molar-refractivity contribution is 0.106. The molecule has 23 heavy (non-hydrogen) atoms. The topological polar surface area (TPSA) is 50.7 Å². The van der Waals surface area contributed by atoms with Crippen LogP contribution in [0.4, 0.5) is 0 Å². The zero-order valence-corrected chi connectivity index (χ0v) is 13.0. The first-order valence-corrected chi connectivity index (χ1v) is 8.13. The Kier molecular flexibility index (Phi) is 3.71. The molecule has 4 nitrogen and oxygen atoms in total. The normalized spacial score (nSPS) is 22.0. The number of para-hydroxylation sites is 1. The maximum absolute atomic E-state index is 10.1. The predicted octanol–water partition coefficient (Wildman–Crippen LogP) is 2.38. The minimum Gasteiger partial charge on any atom is -0.493 e. The highest BCUT2D eigenvalue weighted by Gasteiger charge is 2.36. The molecule has 2 aromatic carbocycles. The van der Waals surface area contributed by atoms with Gasteiger partial charge in [-0.2, -0.15) is 0 Å². The Morgan fingerprint density at radius 1 is 1.04 bits per heavy atom. The fourth-order valence-electron chi connectivity index (χ4n) is 3.48. The van der Waals surface area contributed by atoms with E-state index in [4.69, 9.17) is 9.47 Å². The fourth-order valence-corrected chi connectivity index (χ4v) is 3.48. The van der Waals surface area contributed by atoms with Crippen LogP contribution in [0.2, 0.25) is 0 Å². The second-order valence-corrected chi connectivity index (χ2v) is 6.23. The molecule has 1 atom stereocenters. The second-order valence-electron chi connectivity index (χ2n) is 6.23. The highest BCUT2D eigenvalue weighted by Crippen LogP contribution is 2.37. The summed E-state index contributed by atoms with van der Waals surface area (Å²) in [4.78, 5) is 0. The van der Waals surface area contributed by atoms with E-state index in [1.165, 1.54) is 11.1 Å². The maximum atomic E-state index is 10.1. The monoisotopic (exact) mass is 311 g/mol. The number of rotatable bonds is 4. The molecule has 0 unspecified atom stereocenters. The van der Waals surface area contributed by atoms with Gasteiger partial charge in [-0.25, -0.2) is 0 Å². The van der Waals surface area contributed by atoms with Gasteiger partial charge in [0.15, 0.2) is 0 Å². The van der Waals surface area contributed by atoms with Gasteiger partial charge in [0, 0.05) is 24.9 Å². The molecular weight excluding hydrogens is 290 g/mol. The zero-order chi connectivity index (χ0) is 15.7. The van der Waals surface area contributed by atoms with Gasteiger partial charge in [-0.05, 0) is 23.3 Å². The Morgan fingerprint density at radius 3 is 2.83 bits per heavy atom. The number of fused-ring (bicyclic) bond motifs is 2. The first-order valence-electron chi connectivity index (χ1n) is 8.13. The Hall–Kier alpha value is -2.04. The molecule has 4 rings (SSSR count). The highest BCUT2D eigenvalue weighted by atomic mass is 16.5. The van der Waals surface area contributed by atoms with Crippen molar-refractivity contribution >= 4 is 0 Å². The molecule has 2 aromatic rings. The summed E-state index contributed by atoms with van der Waals surface area (Å²) in [6.07, 6.45) is 1.74. The lowest BCUT2D eigenvalue weighted by Gasteiger charge is -2.38. The van der Waals surface area contributed by atoms with Crippen LogP contribution in [-0.4, -0.2) is 24.9 Å². The van der Waals surface area contributed by atoms with Gasteiger partial charge in [0.2, 0.25) is 0 Å². The average molecular weight is 311 g/mol. The van der Waals surface area contributed by atoms with Gasteiger partial charge in [0.05, 0.1) is 25.4 Å². The van der Waals surface area contributed by atoms with Crippen molar-refractivity contribution in [2.75, 3.05) is 19.8 Å². The van der Waals surface area contributed by atoms with Crippen LogP contribution in [0, 0.1) is 0 Å². The third-order valence-electron chi connectivity index (χ3n) is 4.84. The Bertz CT molecular complexity index is 716. The Morgan fingerprint density at radius 2 is 1.91 bits per heavy atom. The Labute approximate surface area is 136 Å². The number of benzene rings is 2. The van der Waals surface area contributed by atoms with Crippen LogP contribution in [0.1, 0.15) is 23.1 Å². The molecule has 0 aromatic heterocycles. The number of aliphatic hydroxyl groups excluding tert-OH is 1. The standard InChI is InChI=1S/C19H21NO3/c21-13-19(8-10-23-18-4-2-1-3-16(18)19)20-12-14-5-6-17-15(11-14)7-9-22-17/h1-6,11,20-21H,7-10,12-13H2/t19-/m1/s1. The van der Waals surface area contributed by atoms with E-state index in [1.54, 1.807) is 0 Å². The van der Waals surface area contributed by atoms with Gasteiger partial charge in [0.1, 0.15) is 11.5 Å². The molecule has 0 amide bonds. The average Bonchev–Trinajstić information content (AvgIpc) is 3.07. The minimum atomic E-state index is -0.440. The second kappa shape index (κ2) is 5.87. The van der Waals surface area contributed by atoms with Crippen LogP contribution < -0.4 is 14.8 Å². The fraction of sp³-hybridized carbons (Fsp3) is 0.368. The van der Waals surface area contributed by atoms with E-state index in [9.17, 15) is 5.11 Å². The number of aliphatic hydroxyl groups is 1. The van der Waals surface area contributed by atoms with Gasteiger partial charge in [-0.15, -0.1) is 0 Å². The van der Waals surface area contributed by atoms with Crippen LogP contribution in [0.15, 0.2) is 42.5 Å². The molecule has 120 valence electrons. The van der Waals surface area contributed by atoms with E-state index in [0.29, 0.717) is 13.2 Å². The minimum absolute atomic E-state index is 0.0570. The quantitative estimate of drug-likeness (QED) is 0.910. The van der Waals surface area contributed by atoms with E-state index in [-0.39, 0.29) is 6.61 Å². The molecule has 0 saturated heterocycles. The summed E-state index contributed by atoms with van der Waals surface area (Å²) >= 11 is 0. The SMILES string of the molecule is OC[C@]1(NCc2ccc3c(c2)CCO3)CCOc2ccccc21. The van der Waals surface area contributed by atoms with Crippen molar-refractivity contribution in [3.05, 3.63) is 59.2 Å². The summed E-state index contributed by atoms with van der Waals surface area (Å²) < 4.78 is 11.3. The summed E-state index contributed by atoms with van der Waals surface area (Å²) in [5.41, 5.74) is 3.09. The molecule has 4 heteroatoms. The molecule has 0 spiro atoms. The van der Waals surface area contributed by atoms with Gasteiger partial charge in [0.25, 0.3) is 0 Å². The third-order valence-corrected chi connectivity index (χ3v) is 4.84. The van der Waals surface area contributed by atoms with Gasteiger partial charge in [-0.1, -0.05) is 30.3 Å². The van der Waals surface area contributed by atoms with Crippen LogP contribution in [0.5, 0.6) is 11.5 Å². The zero-order valence-electron chi connectivity index (χ0n) is 13.0. The molecule has 0 bridgehead atoms. The van der Waals surface area contributed by atoms with Gasteiger partial charge < -0.3 is 19.9 Å². The van der Waals surface area contributed by atoms with E-state index in [1.807, 2.05) is 30.3 Å². The van der Waals surface area contributed by atoms with Crippen molar-refractivity contribution < 1.29 is 14.6 Å².